The van der Waals surface area contributed by atoms with Crippen LogP contribution in [0, 0.1) is 5.82 Å². The van der Waals surface area contributed by atoms with Crippen molar-refractivity contribution in [2.24, 2.45) is 0 Å². The summed E-state index contributed by atoms with van der Waals surface area (Å²) in [6.45, 7) is 3.14. The van der Waals surface area contributed by atoms with Gasteiger partial charge in [0, 0.05) is 6.54 Å². The van der Waals surface area contributed by atoms with Crippen LogP contribution in [0.3, 0.4) is 0 Å². The molecule has 0 atom stereocenters. The highest BCUT2D eigenvalue weighted by molar-refractivity contribution is 6.28. The Bertz CT molecular complexity index is 1090. The third kappa shape index (κ3) is 3.82. The first-order valence-corrected chi connectivity index (χ1v) is 9.47. The number of halogens is 2. The van der Waals surface area contributed by atoms with E-state index in [2.05, 4.69) is 27.4 Å². The molecule has 2 aromatic carbocycles. The Morgan fingerprint density at radius 3 is 2.46 bits per heavy atom. The van der Waals surface area contributed by atoms with Crippen molar-refractivity contribution in [3.8, 4) is 0 Å². The molecular formula is C21H19ClFN5. The number of rotatable bonds is 6. The second-order valence-corrected chi connectivity index (χ2v) is 6.80. The second kappa shape index (κ2) is 7.94. The molecule has 0 radical (unpaired) electrons. The number of benzene rings is 2. The van der Waals surface area contributed by atoms with E-state index in [1.165, 1.54) is 12.1 Å². The van der Waals surface area contributed by atoms with Crippen molar-refractivity contribution in [1.82, 2.24) is 19.7 Å². The third-order valence-electron chi connectivity index (χ3n) is 4.52. The highest BCUT2D eigenvalue weighted by atomic mass is 35.5. The summed E-state index contributed by atoms with van der Waals surface area (Å²) in [6.07, 6.45) is 0.745. The molecule has 1 N–H and O–H groups in total. The zero-order valence-corrected chi connectivity index (χ0v) is 16.1. The van der Waals surface area contributed by atoms with Crippen molar-refractivity contribution in [2.75, 3.05) is 5.32 Å². The van der Waals surface area contributed by atoms with Crippen molar-refractivity contribution in [3.05, 3.63) is 82.5 Å². The zero-order chi connectivity index (χ0) is 19.5. The number of fused-ring (bicyclic) bond motifs is 1. The lowest BCUT2D eigenvalue weighted by molar-refractivity contribution is 0.627. The van der Waals surface area contributed by atoms with E-state index in [0.29, 0.717) is 24.6 Å². The maximum Gasteiger partial charge on any atom is 0.226 e. The molecule has 0 bridgehead atoms. The molecule has 7 heteroatoms. The van der Waals surface area contributed by atoms with Gasteiger partial charge in [-0.2, -0.15) is 15.1 Å². The Labute approximate surface area is 167 Å². The third-order valence-corrected chi connectivity index (χ3v) is 4.69. The van der Waals surface area contributed by atoms with Crippen LogP contribution in [0.5, 0.6) is 0 Å². The molecule has 28 heavy (non-hydrogen) atoms. The number of nitrogens with one attached hydrogen (secondary N) is 1. The molecule has 0 fully saturated rings. The monoisotopic (exact) mass is 395 g/mol. The predicted octanol–water partition coefficient (Wildman–Crippen LogP) is 4.84. The van der Waals surface area contributed by atoms with Crippen LogP contribution in [-0.4, -0.2) is 19.7 Å². The summed E-state index contributed by atoms with van der Waals surface area (Å²) in [4.78, 5) is 8.81. The van der Waals surface area contributed by atoms with Crippen LogP contribution in [0.25, 0.3) is 11.0 Å². The van der Waals surface area contributed by atoms with Crippen LogP contribution >= 0.6 is 11.6 Å². The molecule has 2 aromatic heterocycles. The van der Waals surface area contributed by atoms with Gasteiger partial charge in [-0.15, -0.1) is 0 Å². The Kier molecular flexibility index (Phi) is 5.21. The first-order chi connectivity index (χ1) is 13.6. The molecule has 142 valence electrons. The van der Waals surface area contributed by atoms with E-state index in [9.17, 15) is 4.39 Å². The molecule has 0 aliphatic carbocycles. The second-order valence-electron chi connectivity index (χ2n) is 6.46. The van der Waals surface area contributed by atoms with Crippen molar-refractivity contribution in [1.29, 1.82) is 0 Å². The minimum Gasteiger partial charge on any atom is -0.365 e. The molecule has 0 amide bonds. The molecule has 0 saturated heterocycles. The van der Waals surface area contributed by atoms with E-state index in [4.69, 9.17) is 16.7 Å². The maximum atomic E-state index is 13.1. The Balaban J connectivity index is 1.71. The summed E-state index contributed by atoms with van der Waals surface area (Å²) >= 11 is 6.20. The zero-order valence-electron chi connectivity index (χ0n) is 15.4. The van der Waals surface area contributed by atoms with Crippen molar-refractivity contribution >= 4 is 28.5 Å². The van der Waals surface area contributed by atoms with Crippen LogP contribution in [-0.2, 0) is 19.5 Å². The number of aryl methyl sites for hydroxylation is 1. The van der Waals surface area contributed by atoms with Gasteiger partial charge in [0.1, 0.15) is 11.6 Å². The standard InChI is InChI=1S/C21H19ClFN5/c1-2-17-18-19(24-12-14-8-10-16(23)11-9-14)25-21(22)26-20(18)28(27-17)13-15-6-4-3-5-7-15/h3-11H,2,12-13H2,1H3,(H,24,25,26). The van der Waals surface area contributed by atoms with Crippen LogP contribution in [0.1, 0.15) is 23.7 Å². The number of hydrogen-bond acceptors (Lipinski definition) is 4. The summed E-state index contributed by atoms with van der Waals surface area (Å²) in [5, 5.41) is 9.07. The fourth-order valence-corrected chi connectivity index (χ4v) is 3.31. The number of aromatic nitrogens is 4. The van der Waals surface area contributed by atoms with Crippen molar-refractivity contribution in [3.63, 3.8) is 0 Å². The molecular weight excluding hydrogens is 377 g/mol. The van der Waals surface area contributed by atoms with Gasteiger partial charge in [0.25, 0.3) is 0 Å². The van der Waals surface area contributed by atoms with Gasteiger partial charge in [-0.05, 0) is 41.3 Å². The van der Waals surface area contributed by atoms with Gasteiger partial charge in [-0.3, -0.25) is 0 Å². The molecule has 0 spiro atoms. The van der Waals surface area contributed by atoms with E-state index in [-0.39, 0.29) is 11.1 Å². The van der Waals surface area contributed by atoms with Gasteiger partial charge in [0.15, 0.2) is 5.65 Å². The molecule has 4 rings (SSSR count). The van der Waals surface area contributed by atoms with Crippen molar-refractivity contribution < 1.29 is 4.39 Å². The topological polar surface area (TPSA) is 55.6 Å². The number of nitrogens with zero attached hydrogens (tertiary/aromatic N) is 4. The lowest BCUT2D eigenvalue weighted by Crippen LogP contribution is -2.05. The summed E-state index contributed by atoms with van der Waals surface area (Å²) < 4.78 is 15.0. The molecule has 2 heterocycles. The normalized spacial score (nSPS) is 11.1. The predicted molar refractivity (Wildman–Crippen MR) is 109 cm³/mol. The van der Waals surface area contributed by atoms with Gasteiger partial charge in [-0.1, -0.05) is 49.4 Å². The SMILES string of the molecule is CCc1nn(Cc2ccccc2)c2nc(Cl)nc(NCc3ccc(F)cc3)c12. The van der Waals surface area contributed by atoms with Gasteiger partial charge in [0.05, 0.1) is 17.6 Å². The van der Waals surface area contributed by atoms with Crippen molar-refractivity contribution in [2.45, 2.75) is 26.4 Å². The first-order valence-electron chi connectivity index (χ1n) is 9.09. The first kappa shape index (κ1) is 18.4. The largest absolute Gasteiger partial charge is 0.365 e. The Hall–Kier alpha value is -2.99. The molecule has 0 saturated carbocycles. The number of anilines is 1. The quantitative estimate of drug-likeness (QED) is 0.474. The molecule has 0 aliphatic rings. The Morgan fingerprint density at radius 1 is 1.00 bits per heavy atom. The van der Waals surface area contributed by atoms with E-state index >= 15 is 0 Å². The molecule has 0 unspecified atom stereocenters. The van der Waals surface area contributed by atoms with Gasteiger partial charge in [0.2, 0.25) is 5.28 Å². The lowest BCUT2D eigenvalue weighted by Gasteiger charge is -2.09. The Morgan fingerprint density at radius 2 is 1.75 bits per heavy atom. The number of hydrogen-bond donors (Lipinski definition) is 1. The van der Waals surface area contributed by atoms with Gasteiger partial charge < -0.3 is 5.32 Å². The van der Waals surface area contributed by atoms with Crippen LogP contribution in [0.4, 0.5) is 10.2 Å². The minimum absolute atomic E-state index is 0.158. The van der Waals surface area contributed by atoms with Crippen LogP contribution in [0.15, 0.2) is 54.6 Å². The minimum atomic E-state index is -0.258. The smallest absolute Gasteiger partial charge is 0.226 e. The fourth-order valence-electron chi connectivity index (χ4n) is 3.15. The molecule has 4 aromatic rings. The van der Waals surface area contributed by atoms with Gasteiger partial charge in [-0.25, -0.2) is 9.07 Å². The van der Waals surface area contributed by atoms with E-state index in [0.717, 1.165) is 28.6 Å². The van der Waals surface area contributed by atoms with E-state index < -0.39 is 0 Å². The summed E-state index contributed by atoms with van der Waals surface area (Å²) in [7, 11) is 0. The van der Waals surface area contributed by atoms with E-state index in [1.54, 1.807) is 12.1 Å². The van der Waals surface area contributed by atoms with Gasteiger partial charge >= 0.3 is 0 Å². The van der Waals surface area contributed by atoms with Crippen LogP contribution < -0.4 is 5.32 Å². The average Bonchev–Trinajstić information content (AvgIpc) is 3.05. The van der Waals surface area contributed by atoms with E-state index in [1.807, 2.05) is 29.8 Å². The summed E-state index contributed by atoms with van der Waals surface area (Å²) in [5.41, 5.74) is 3.68. The molecule has 5 nitrogen and oxygen atoms in total. The highest BCUT2D eigenvalue weighted by Crippen LogP contribution is 2.27. The highest BCUT2D eigenvalue weighted by Gasteiger charge is 2.17. The molecule has 0 aliphatic heterocycles. The fraction of sp³-hybridized carbons (Fsp3) is 0.190. The summed E-state index contributed by atoms with van der Waals surface area (Å²) in [5.74, 6) is 0.377. The lowest BCUT2D eigenvalue weighted by atomic mass is 10.2. The van der Waals surface area contributed by atoms with Crippen LogP contribution in [0.2, 0.25) is 5.28 Å². The summed E-state index contributed by atoms with van der Waals surface area (Å²) in [6, 6.07) is 16.4. The average molecular weight is 396 g/mol. The maximum absolute atomic E-state index is 13.1.